The minimum Gasteiger partial charge on any atom is -0.360 e. The lowest BCUT2D eigenvalue weighted by molar-refractivity contribution is 0.102. The summed E-state index contributed by atoms with van der Waals surface area (Å²) in [5.41, 5.74) is 1.66. The number of anilines is 1. The average molecular weight is 377 g/mol. The van der Waals surface area contributed by atoms with Crippen molar-refractivity contribution in [1.29, 1.82) is 0 Å². The molecule has 25 heavy (non-hydrogen) atoms. The quantitative estimate of drug-likeness (QED) is 0.749. The molecular formula is C16H15N3O4S2. The van der Waals surface area contributed by atoms with Crippen LogP contribution in [0.4, 0.5) is 5.13 Å². The molecule has 7 nitrogen and oxygen atoms in total. The molecule has 0 spiro atoms. The largest absolute Gasteiger partial charge is 0.360 e. The van der Waals surface area contributed by atoms with E-state index in [-0.39, 0.29) is 16.7 Å². The summed E-state index contributed by atoms with van der Waals surface area (Å²) in [4.78, 5) is 17.2. The van der Waals surface area contributed by atoms with Crippen LogP contribution in [0.1, 0.15) is 40.6 Å². The summed E-state index contributed by atoms with van der Waals surface area (Å²) in [5.74, 6) is 0.605. The molecule has 1 aliphatic rings. The zero-order valence-electron chi connectivity index (χ0n) is 13.6. The van der Waals surface area contributed by atoms with E-state index in [0.717, 1.165) is 19.1 Å². The number of rotatable bonds is 4. The predicted molar refractivity (Wildman–Crippen MR) is 93.9 cm³/mol. The van der Waals surface area contributed by atoms with Crippen LogP contribution in [0.2, 0.25) is 0 Å². The highest BCUT2D eigenvalue weighted by molar-refractivity contribution is 7.90. The zero-order chi connectivity index (χ0) is 17.8. The first-order chi connectivity index (χ1) is 11.8. The van der Waals surface area contributed by atoms with E-state index in [4.69, 9.17) is 4.52 Å². The maximum absolute atomic E-state index is 12.6. The molecule has 1 aromatic carbocycles. The maximum Gasteiger partial charge on any atom is 0.262 e. The van der Waals surface area contributed by atoms with Gasteiger partial charge >= 0.3 is 0 Å². The molecule has 0 radical (unpaired) electrons. The van der Waals surface area contributed by atoms with Gasteiger partial charge < -0.3 is 4.52 Å². The van der Waals surface area contributed by atoms with Gasteiger partial charge in [-0.2, -0.15) is 0 Å². The summed E-state index contributed by atoms with van der Waals surface area (Å²) < 4.78 is 29.3. The second kappa shape index (κ2) is 5.63. The molecular weight excluding hydrogens is 362 g/mol. The van der Waals surface area contributed by atoms with Crippen molar-refractivity contribution in [2.45, 2.75) is 30.6 Å². The number of aromatic nitrogens is 2. The van der Waals surface area contributed by atoms with Crippen LogP contribution in [0.3, 0.4) is 0 Å². The van der Waals surface area contributed by atoms with Crippen LogP contribution in [0.5, 0.6) is 0 Å². The van der Waals surface area contributed by atoms with Crippen LogP contribution >= 0.6 is 11.3 Å². The molecule has 1 fully saturated rings. The van der Waals surface area contributed by atoms with Gasteiger partial charge in [0.2, 0.25) is 0 Å². The Balaban J connectivity index is 1.64. The first-order valence-corrected chi connectivity index (χ1v) is 10.4. The number of aryl methyl sites for hydroxylation is 1. The number of benzene rings is 1. The Hall–Kier alpha value is -2.26. The molecule has 130 valence electrons. The SMILES string of the molecule is Cc1noc(C2CC2)c1C(=O)Nc1nc2ccc(S(C)(=O)=O)cc2s1. The van der Waals surface area contributed by atoms with E-state index in [9.17, 15) is 13.2 Å². The van der Waals surface area contributed by atoms with Gasteiger partial charge in [0.05, 0.1) is 20.8 Å². The van der Waals surface area contributed by atoms with E-state index in [1.165, 1.54) is 17.4 Å². The standard InChI is InChI=1S/C16H15N3O4S2/c1-8-13(14(23-19-8)9-3-4-9)15(20)18-16-17-11-6-5-10(25(2,21)22)7-12(11)24-16/h5-7,9H,3-4H2,1-2H3,(H,17,18,20). The molecule has 0 unspecified atom stereocenters. The predicted octanol–water partition coefficient (Wildman–Crippen LogP) is 3.13. The Bertz CT molecular complexity index is 1090. The van der Waals surface area contributed by atoms with Gasteiger partial charge in [-0.15, -0.1) is 0 Å². The fourth-order valence-corrected chi connectivity index (χ4v) is 4.26. The van der Waals surface area contributed by atoms with E-state index >= 15 is 0 Å². The zero-order valence-corrected chi connectivity index (χ0v) is 15.2. The Labute approximate surface area is 148 Å². The molecule has 4 rings (SSSR count). The normalized spacial score (nSPS) is 14.8. The molecule has 9 heteroatoms. The number of nitrogens with zero attached hydrogens (tertiary/aromatic N) is 2. The molecule has 1 N–H and O–H groups in total. The second-order valence-electron chi connectivity index (χ2n) is 6.16. The summed E-state index contributed by atoms with van der Waals surface area (Å²) in [6.45, 7) is 1.74. The third kappa shape index (κ3) is 3.05. The van der Waals surface area contributed by atoms with Gasteiger partial charge in [0.15, 0.2) is 20.7 Å². The molecule has 3 aromatic rings. The Morgan fingerprint density at radius 3 is 2.80 bits per heavy atom. The Kier molecular flexibility index (Phi) is 3.66. The topological polar surface area (TPSA) is 102 Å². The number of fused-ring (bicyclic) bond motifs is 1. The summed E-state index contributed by atoms with van der Waals surface area (Å²) >= 11 is 1.23. The number of nitrogens with one attached hydrogen (secondary N) is 1. The molecule has 1 aliphatic carbocycles. The highest BCUT2D eigenvalue weighted by Gasteiger charge is 2.34. The van der Waals surface area contributed by atoms with E-state index in [0.29, 0.717) is 32.4 Å². The van der Waals surface area contributed by atoms with Gasteiger partial charge in [-0.25, -0.2) is 13.4 Å². The molecule has 2 aromatic heterocycles. The smallest absolute Gasteiger partial charge is 0.262 e. The van der Waals surface area contributed by atoms with Crippen LogP contribution < -0.4 is 5.32 Å². The number of hydrogen-bond acceptors (Lipinski definition) is 7. The Morgan fingerprint density at radius 1 is 1.36 bits per heavy atom. The van der Waals surface area contributed by atoms with Crippen molar-refractivity contribution >= 4 is 42.4 Å². The van der Waals surface area contributed by atoms with E-state index < -0.39 is 9.84 Å². The van der Waals surface area contributed by atoms with Gasteiger partial charge in [0, 0.05) is 12.2 Å². The van der Waals surface area contributed by atoms with Crippen LogP contribution in [-0.2, 0) is 9.84 Å². The lowest BCUT2D eigenvalue weighted by Gasteiger charge is -2.01. The molecule has 2 heterocycles. The van der Waals surface area contributed by atoms with Crippen molar-refractivity contribution in [3.8, 4) is 0 Å². The van der Waals surface area contributed by atoms with Crippen molar-refractivity contribution in [3.63, 3.8) is 0 Å². The molecule has 0 aliphatic heterocycles. The first kappa shape index (κ1) is 16.2. The van der Waals surface area contributed by atoms with Crippen molar-refractivity contribution in [1.82, 2.24) is 10.1 Å². The fourth-order valence-electron chi connectivity index (χ4n) is 2.64. The van der Waals surface area contributed by atoms with Gasteiger partial charge in [-0.05, 0) is 38.0 Å². The Morgan fingerprint density at radius 2 is 2.12 bits per heavy atom. The summed E-state index contributed by atoms with van der Waals surface area (Å²) in [5, 5.41) is 7.09. The first-order valence-electron chi connectivity index (χ1n) is 7.71. The van der Waals surface area contributed by atoms with Crippen molar-refractivity contribution in [2.75, 3.05) is 11.6 Å². The lowest BCUT2D eigenvalue weighted by Crippen LogP contribution is -2.14. The minimum atomic E-state index is -3.29. The number of thiazole rings is 1. The number of carbonyl (C=O) groups excluding carboxylic acids is 1. The second-order valence-corrected chi connectivity index (χ2v) is 9.20. The van der Waals surface area contributed by atoms with Crippen molar-refractivity contribution in [2.24, 2.45) is 0 Å². The summed E-state index contributed by atoms with van der Waals surface area (Å²) in [6, 6.07) is 4.72. The van der Waals surface area contributed by atoms with E-state index in [2.05, 4.69) is 15.5 Å². The summed E-state index contributed by atoms with van der Waals surface area (Å²) in [7, 11) is -3.29. The molecule has 1 amide bonds. The monoisotopic (exact) mass is 377 g/mol. The fraction of sp³-hybridized carbons (Fsp3) is 0.312. The molecule has 1 saturated carbocycles. The number of amides is 1. The van der Waals surface area contributed by atoms with E-state index in [1.807, 2.05) is 0 Å². The highest BCUT2D eigenvalue weighted by atomic mass is 32.2. The number of sulfone groups is 1. The summed E-state index contributed by atoms with van der Waals surface area (Å²) in [6.07, 6.45) is 3.17. The molecule has 0 saturated heterocycles. The van der Waals surface area contributed by atoms with E-state index in [1.54, 1.807) is 19.1 Å². The molecule has 0 bridgehead atoms. The van der Waals surface area contributed by atoms with Gasteiger partial charge in [-0.3, -0.25) is 10.1 Å². The van der Waals surface area contributed by atoms with Gasteiger partial charge in [0.25, 0.3) is 5.91 Å². The van der Waals surface area contributed by atoms with Crippen LogP contribution in [0.25, 0.3) is 10.2 Å². The van der Waals surface area contributed by atoms with Gasteiger partial charge in [-0.1, -0.05) is 16.5 Å². The highest BCUT2D eigenvalue weighted by Crippen LogP contribution is 2.42. The number of carbonyl (C=O) groups is 1. The third-order valence-electron chi connectivity index (χ3n) is 4.07. The van der Waals surface area contributed by atoms with Crippen LogP contribution in [0.15, 0.2) is 27.6 Å². The maximum atomic E-state index is 12.6. The minimum absolute atomic E-state index is 0.229. The van der Waals surface area contributed by atoms with Gasteiger partial charge in [0.1, 0.15) is 5.56 Å². The lowest BCUT2D eigenvalue weighted by atomic mass is 10.1. The third-order valence-corrected chi connectivity index (χ3v) is 6.12. The number of hydrogen-bond donors (Lipinski definition) is 1. The van der Waals surface area contributed by atoms with Crippen LogP contribution in [-0.4, -0.2) is 30.7 Å². The molecule has 0 atom stereocenters. The average Bonchev–Trinajstić information content (AvgIpc) is 3.18. The van der Waals surface area contributed by atoms with Crippen molar-refractivity contribution < 1.29 is 17.7 Å². The van der Waals surface area contributed by atoms with Crippen LogP contribution in [0, 0.1) is 6.92 Å². The van der Waals surface area contributed by atoms with Crippen molar-refractivity contribution in [3.05, 3.63) is 35.2 Å².